The van der Waals surface area contributed by atoms with Gasteiger partial charge in [0.1, 0.15) is 0 Å². The first kappa shape index (κ1) is 11.5. The first-order valence-electron chi connectivity index (χ1n) is 5.07. The zero-order chi connectivity index (χ0) is 11.6. The quantitative estimate of drug-likeness (QED) is 0.630. The second kappa shape index (κ2) is 3.90. The number of nitriles is 1. The molecule has 1 aromatic carbocycles. The van der Waals surface area contributed by atoms with Crippen molar-refractivity contribution in [1.29, 1.82) is 5.26 Å². The molecule has 1 rings (SSSR count). The highest BCUT2D eigenvalue weighted by Gasteiger charge is 2.15. The van der Waals surface area contributed by atoms with Gasteiger partial charge in [-0.2, -0.15) is 5.26 Å². The van der Waals surface area contributed by atoms with Crippen LogP contribution in [-0.4, -0.2) is 0 Å². The fourth-order valence-corrected chi connectivity index (χ4v) is 1.47. The van der Waals surface area contributed by atoms with Gasteiger partial charge in [-0.25, -0.2) is 0 Å². The van der Waals surface area contributed by atoms with Crippen molar-refractivity contribution >= 4 is 5.57 Å². The normalized spacial score (nSPS) is 10.9. The topological polar surface area (TPSA) is 23.8 Å². The van der Waals surface area contributed by atoms with Crippen molar-refractivity contribution in [2.75, 3.05) is 0 Å². The second-order valence-corrected chi connectivity index (χ2v) is 4.87. The molecule has 0 aliphatic rings. The van der Waals surface area contributed by atoms with Gasteiger partial charge in [-0.3, -0.25) is 0 Å². The molecule has 0 aromatic heterocycles. The predicted molar refractivity (Wildman–Crippen MR) is 64.5 cm³/mol. The van der Waals surface area contributed by atoms with Crippen molar-refractivity contribution in [2.45, 2.75) is 33.1 Å². The molecule has 0 saturated carbocycles. The molecule has 0 bridgehead atoms. The zero-order valence-electron chi connectivity index (χ0n) is 9.89. The summed E-state index contributed by atoms with van der Waals surface area (Å²) in [7, 11) is 0. The summed E-state index contributed by atoms with van der Waals surface area (Å²) in [6.07, 6.45) is 0. The molecule has 78 valence electrons. The number of hydrogen-bond acceptors (Lipinski definition) is 1. The van der Waals surface area contributed by atoms with Crippen LogP contribution in [0, 0.1) is 18.3 Å². The van der Waals surface area contributed by atoms with Crippen LogP contribution in [0.3, 0.4) is 0 Å². The smallest absolute Gasteiger partial charge is 0.0991 e. The van der Waals surface area contributed by atoms with Crippen LogP contribution in [0.25, 0.3) is 5.57 Å². The summed E-state index contributed by atoms with van der Waals surface area (Å²) < 4.78 is 0. The zero-order valence-corrected chi connectivity index (χ0v) is 9.89. The molecule has 0 aliphatic carbocycles. The Morgan fingerprint density at radius 2 is 1.93 bits per heavy atom. The van der Waals surface area contributed by atoms with Crippen LogP contribution in [0.1, 0.15) is 37.5 Å². The minimum Gasteiger partial charge on any atom is -0.192 e. The average Bonchev–Trinajstić information content (AvgIpc) is 2.15. The highest BCUT2D eigenvalue weighted by molar-refractivity contribution is 5.77. The van der Waals surface area contributed by atoms with Gasteiger partial charge in [-0.1, -0.05) is 39.5 Å². The summed E-state index contributed by atoms with van der Waals surface area (Å²) in [6, 6.07) is 8.35. The minimum absolute atomic E-state index is 0.109. The van der Waals surface area contributed by atoms with Crippen LogP contribution < -0.4 is 0 Å². The van der Waals surface area contributed by atoms with E-state index in [9.17, 15) is 0 Å². The number of allylic oxidation sites excluding steroid dienone is 1. The first-order valence-corrected chi connectivity index (χ1v) is 5.07. The molecule has 0 atom stereocenters. The molecular formula is C14H17N. The third kappa shape index (κ3) is 2.47. The number of benzene rings is 1. The SMILES string of the molecule is C=C(C#N)c1cc(C(C)(C)C)ccc1C. The van der Waals surface area contributed by atoms with Gasteiger partial charge in [-0.05, 0) is 35.1 Å². The largest absolute Gasteiger partial charge is 0.192 e. The van der Waals surface area contributed by atoms with Crippen molar-refractivity contribution in [3.05, 3.63) is 41.5 Å². The van der Waals surface area contributed by atoms with Crippen LogP contribution >= 0.6 is 0 Å². The number of nitrogens with zero attached hydrogens (tertiary/aromatic N) is 1. The van der Waals surface area contributed by atoms with Crippen LogP contribution in [0.5, 0.6) is 0 Å². The highest BCUT2D eigenvalue weighted by atomic mass is 14.3. The Morgan fingerprint density at radius 1 is 1.33 bits per heavy atom. The van der Waals surface area contributed by atoms with E-state index < -0.39 is 0 Å². The van der Waals surface area contributed by atoms with Crippen molar-refractivity contribution in [2.24, 2.45) is 0 Å². The number of aryl methyl sites for hydroxylation is 1. The maximum absolute atomic E-state index is 8.86. The predicted octanol–water partition coefficient (Wildman–Crippen LogP) is 3.83. The monoisotopic (exact) mass is 199 g/mol. The molecule has 0 spiro atoms. The lowest BCUT2D eigenvalue weighted by atomic mass is 9.84. The van der Waals surface area contributed by atoms with Crippen molar-refractivity contribution in [1.82, 2.24) is 0 Å². The van der Waals surface area contributed by atoms with Crippen LogP contribution in [0.2, 0.25) is 0 Å². The van der Waals surface area contributed by atoms with Crippen LogP contribution in [0.4, 0.5) is 0 Å². The molecule has 1 heteroatoms. The summed E-state index contributed by atoms with van der Waals surface area (Å²) >= 11 is 0. The Hall–Kier alpha value is -1.55. The summed E-state index contributed by atoms with van der Waals surface area (Å²) in [5, 5.41) is 8.86. The molecule has 0 unspecified atom stereocenters. The molecule has 1 aromatic rings. The maximum atomic E-state index is 8.86. The van der Waals surface area contributed by atoms with Crippen molar-refractivity contribution in [3.8, 4) is 6.07 Å². The number of hydrogen-bond donors (Lipinski definition) is 0. The Kier molecular flexibility index (Phi) is 3.00. The third-order valence-corrected chi connectivity index (χ3v) is 2.56. The lowest BCUT2D eigenvalue weighted by Crippen LogP contribution is -2.11. The molecule has 0 radical (unpaired) electrons. The van der Waals surface area contributed by atoms with E-state index in [-0.39, 0.29) is 5.41 Å². The molecule has 0 heterocycles. The lowest BCUT2D eigenvalue weighted by molar-refractivity contribution is 0.590. The van der Waals surface area contributed by atoms with E-state index in [4.69, 9.17) is 5.26 Å². The number of rotatable bonds is 1. The molecular weight excluding hydrogens is 182 g/mol. The molecule has 0 N–H and O–H groups in total. The summed E-state index contributed by atoms with van der Waals surface area (Å²) in [5.41, 5.74) is 3.95. The Bertz CT molecular complexity index is 428. The summed E-state index contributed by atoms with van der Waals surface area (Å²) in [4.78, 5) is 0. The lowest BCUT2D eigenvalue weighted by Gasteiger charge is -2.20. The standard InChI is InChI=1S/C14H17N/c1-10-6-7-12(14(3,4)5)8-13(10)11(2)9-15/h6-8H,2H2,1,3-5H3. The summed E-state index contributed by atoms with van der Waals surface area (Å²) in [5.74, 6) is 0. The summed E-state index contributed by atoms with van der Waals surface area (Å²) in [6.45, 7) is 12.3. The van der Waals surface area contributed by atoms with Gasteiger partial charge < -0.3 is 0 Å². The van der Waals surface area contributed by atoms with E-state index in [1.165, 1.54) is 5.56 Å². The van der Waals surface area contributed by atoms with E-state index in [1.807, 2.05) is 6.92 Å². The molecule has 0 saturated heterocycles. The van der Waals surface area contributed by atoms with Crippen LogP contribution in [0.15, 0.2) is 24.8 Å². The molecule has 1 nitrogen and oxygen atoms in total. The van der Waals surface area contributed by atoms with Gasteiger partial charge in [-0.15, -0.1) is 0 Å². The Balaban J connectivity index is 3.31. The van der Waals surface area contributed by atoms with E-state index in [0.717, 1.165) is 11.1 Å². The second-order valence-electron chi connectivity index (χ2n) is 4.87. The highest BCUT2D eigenvalue weighted by Crippen LogP contribution is 2.26. The van der Waals surface area contributed by atoms with Crippen molar-refractivity contribution < 1.29 is 0 Å². The average molecular weight is 199 g/mol. The first-order chi connectivity index (χ1) is 6.86. The fourth-order valence-electron chi connectivity index (χ4n) is 1.47. The molecule has 15 heavy (non-hydrogen) atoms. The van der Waals surface area contributed by atoms with E-state index in [2.05, 4.69) is 51.6 Å². The maximum Gasteiger partial charge on any atom is 0.0991 e. The Labute approximate surface area is 92.1 Å². The molecule has 0 aliphatic heterocycles. The van der Waals surface area contributed by atoms with Gasteiger partial charge in [0.15, 0.2) is 0 Å². The van der Waals surface area contributed by atoms with E-state index >= 15 is 0 Å². The molecule has 0 amide bonds. The third-order valence-electron chi connectivity index (χ3n) is 2.56. The van der Waals surface area contributed by atoms with Gasteiger partial charge >= 0.3 is 0 Å². The van der Waals surface area contributed by atoms with Gasteiger partial charge in [0, 0.05) is 0 Å². The van der Waals surface area contributed by atoms with E-state index in [1.54, 1.807) is 0 Å². The Morgan fingerprint density at radius 3 is 2.40 bits per heavy atom. The molecule has 0 fully saturated rings. The van der Waals surface area contributed by atoms with E-state index in [0.29, 0.717) is 5.57 Å². The van der Waals surface area contributed by atoms with Gasteiger partial charge in [0.05, 0.1) is 11.6 Å². The van der Waals surface area contributed by atoms with Gasteiger partial charge in [0.2, 0.25) is 0 Å². The van der Waals surface area contributed by atoms with Gasteiger partial charge in [0.25, 0.3) is 0 Å². The fraction of sp³-hybridized carbons (Fsp3) is 0.357. The minimum atomic E-state index is 0.109. The van der Waals surface area contributed by atoms with Crippen LogP contribution in [-0.2, 0) is 5.41 Å². The van der Waals surface area contributed by atoms with Crippen molar-refractivity contribution in [3.63, 3.8) is 0 Å².